The van der Waals surface area contributed by atoms with Gasteiger partial charge in [-0.15, -0.1) is 0 Å². The first kappa shape index (κ1) is 12.5. The van der Waals surface area contributed by atoms with Crippen molar-refractivity contribution < 1.29 is 9.18 Å². The maximum absolute atomic E-state index is 14.2. The Balaban J connectivity index is 2.71. The lowest BCUT2D eigenvalue weighted by molar-refractivity contribution is 0.101. The van der Waals surface area contributed by atoms with Gasteiger partial charge in [-0.3, -0.25) is 4.79 Å². The first-order valence-electron chi connectivity index (χ1n) is 5.88. The van der Waals surface area contributed by atoms with E-state index in [0.717, 1.165) is 11.1 Å². The fourth-order valence-electron chi connectivity index (χ4n) is 2.04. The summed E-state index contributed by atoms with van der Waals surface area (Å²) in [6, 6.07) is 10.8. The van der Waals surface area contributed by atoms with Gasteiger partial charge in [0.2, 0.25) is 0 Å². The first-order valence-corrected chi connectivity index (χ1v) is 5.88. The lowest BCUT2D eigenvalue weighted by Gasteiger charge is -2.10. The minimum atomic E-state index is -0.255. The number of halogens is 1. The molecule has 0 spiro atoms. The molecule has 0 bridgehead atoms. The molecule has 2 rings (SSSR count). The third kappa shape index (κ3) is 2.19. The summed E-state index contributed by atoms with van der Waals surface area (Å²) in [5.74, 6) is -0.303. The highest BCUT2D eigenvalue weighted by Gasteiger charge is 2.13. The average Bonchev–Trinajstić information content (AvgIpc) is 2.33. The van der Waals surface area contributed by atoms with Crippen LogP contribution in [-0.4, -0.2) is 5.78 Å². The zero-order valence-electron chi connectivity index (χ0n) is 10.8. The molecule has 0 atom stereocenters. The summed E-state index contributed by atoms with van der Waals surface area (Å²) >= 11 is 0. The van der Waals surface area contributed by atoms with Crippen LogP contribution in [-0.2, 0) is 0 Å². The number of benzene rings is 2. The molecule has 0 unspecified atom stereocenters. The highest BCUT2D eigenvalue weighted by Crippen LogP contribution is 2.29. The molecule has 0 aliphatic carbocycles. The van der Waals surface area contributed by atoms with Gasteiger partial charge in [0.25, 0.3) is 0 Å². The summed E-state index contributed by atoms with van der Waals surface area (Å²) in [5.41, 5.74) is 3.38. The smallest absolute Gasteiger partial charge is 0.159 e. The van der Waals surface area contributed by atoms with Crippen molar-refractivity contribution in [1.29, 1.82) is 0 Å². The van der Waals surface area contributed by atoms with Crippen LogP contribution in [0.15, 0.2) is 36.4 Å². The van der Waals surface area contributed by atoms with E-state index in [1.54, 1.807) is 19.1 Å². The Morgan fingerprint density at radius 2 is 1.67 bits per heavy atom. The van der Waals surface area contributed by atoms with Crippen LogP contribution in [0, 0.1) is 19.7 Å². The lowest BCUT2D eigenvalue weighted by atomic mass is 9.95. The fraction of sp³-hybridized carbons (Fsp3) is 0.188. The van der Waals surface area contributed by atoms with Crippen LogP contribution in [0.1, 0.15) is 28.4 Å². The van der Waals surface area contributed by atoms with E-state index in [1.165, 1.54) is 6.92 Å². The van der Waals surface area contributed by atoms with Crippen LogP contribution >= 0.6 is 0 Å². The Morgan fingerprint density at radius 1 is 1.00 bits per heavy atom. The summed E-state index contributed by atoms with van der Waals surface area (Å²) in [4.78, 5) is 11.5. The molecule has 2 heteroatoms. The molecule has 18 heavy (non-hydrogen) atoms. The molecule has 0 aliphatic rings. The summed E-state index contributed by atoms with van der Waals surface area (Å²) in [6.07, 6.45) is 0. The minimum Gasteiger partial charge on any atom is -0.295 e. The monoisotopic (exact) mass is 242 g/mol. The number of ketones is 1. The summed E-state index contributed by atoms with van der Waals surface area (Å²) < 4.78 is 14.2. The van der Waals surface area contributed by atoms with Crippen molar-refractivity contribution in [2.75, 3.05) is 0 Å². The lowest BCUT2D eigenvalue weighted by Crippen LogP contribution is -1.98. The van der Waals surface area contributed by atoms with Crippen molar-refractivity contribution in [2.45, 2.75) is 20.8 Å². The van der Waals surface area contributed by atoms with E-state index in [2.05, 4.69) is 0 Å². The SMILES string of the molecule is CC(=O)c1cc(C)c(F)c(-c2ccccc2C)c1. The van der Waals surface area contributed by atoms with Gasteiger partial charge in [-0.1, -0.05) is 24.3 Å². The van der Waals surface area contributed by atoms with Crippen molar-refractivity contribution in [2.24, 2.45) is 0 Å². The molecule has 0 aliphatic heterocycles. The maximum Gasteiger partial charge on any atom is 0.159 e. The Hall–Kier alpha value is -1.96. The summed E-state index contributed by atoms with van der Waals surface area (Å²) in [6.45, 7) is 5.11. The van der Waals surface area contributed by atoms with Crippen molar-refractivity contribution in [1.82, 2.24) is 0 Å². The highest BCUT2D eigenvalue weighted by molar-refractivity contribution is 5.95. The van der Waals surface area contributed by atoms with Crippen molar-refractivity contribution in [3.8, 4) is 11.1 Å². The second-order valence-corrected chi connectivity index (χ2v) is 4.53. The quantitative estimate of drug-likeness (QED) is 0.717. The second kappa shape index (κ2) is 4.73. The Labute approximate surface area is 106 Å². The molecule has 0 aromatic heterocycles. The topological polar surface area (TPSA) is 17.1 Å². The van der Waals surface area contributed by atoms with Crippen molar-refractivity contribution >= 4 is 5.78 Å². The van der Waals surface area contributed by atoms with Crippen LogP contribution < -0.4 is 0 Å². The molecule has 0 N–H and O–H groups in total. The van der Waals surface area contributed by atoms with Crippen LogP contribution in [0.4, 0.5) is 4.39 Å². The molecule has 0 saturated heterocycles. The van der Waals surface area contributed by atoms with Gasteiger partial charge in [0.1, 0.15) is 5.82 Å². The third-order valence-corrected chi connectivity index (χ3v) is 3.10. The minimum absolute atomic E-state index is 0.0482. The molecule has 0 heterocycles. The van der Waals surface area contributed by atoms with Crippen molar-refractivity contribution in [3.63, 3.8) is 0 Å². The number of rotatable bonds is 2. The zero-order chi connectivity index (χ0) is 13.3. The van der Waals surface area contributed by atoms with Crippen LogP contribution in [0.3, 0.4) is 0 Å². The van der Waals surface area contributed by atoms with E-state index < -0.39 is 0 Å². The normalized spacial score (nSPS) is 10.4. The van der Waals surface area contributed by atoms with Gasteiger partial charge in [0.15, 0.2) is 5.78 Å². The van der Waals surface area contributed by atoms with Gasteiger partial charge in [0.05, 0.1) is 0 Å². The van der Waals surface area contributed by atoms with E-state index in [1.807, 2.05) is 31.2 Å². The number of carbonyl (C=O) groups is 1. The molecule has 0 fully saturated rings. The number of carbonyl (C=O) groups excluding carboxylic acids is 1. The Morgan fingerprint density at radius 3 is 2.28 bits per heavy atom. The highest BCUT2D eigenvalue weighted by atomic mass is 19.1. The molecule has 2 aromatic rings. The van der Waals surface area contributed by atoms with Gasteiger partial charge in [-0.05, 0) is 49.6 Å². The summed E-state index contributed by atoms with van der Waals surface area (Å²) in [5, 5.41) is 0. The summed E-state index contributed by atoms with van der Waals surface area (Å²) in [7, 11) is 0. The Kier molecular flexibility index (Phi) is 3.28. The average molecular weight is 242 g/mol. The van der Waals surface area contributed by atoms with E-state index in [-0.39, 0.29) is 11.6 Å². The number of aryl methyl sites for hydroxylation is 2. The van der Waals surface area contributed by atoms with E-state index in [4.69, 9.17) is 0 Å². The van der Waals surface area contributed by atoms with Gasteiger partial charge in [-0.2, -0.15) is 0 Å². The molecule has 2 aromatic carbocycles. The van der Waals surface area contributed by atoms with E-state index in [0.29, 0.717) is 16.7 Å². The van der Waals surface area contributed by atoms with Gasteiger partial charge in [-0.25, -0.2) is 4.39 Å². The number of hydrogen-bond donors (Lipinski definition) is 0. The standard InChI is InChI=1S/C16H15FO/c1-10-6-4-5-7-14(10)15-9-13(12(3)18)8-11(2)16(15)17/h4-9H,1-3H3. The molecular formula is C16H15FO. The van der Waals surface area contributed by atoms with Gasteiger partial charge in [0, 0.05) is 11.1 Å². The van der Waals surface area contributed by atoms with Crippen LogP contribution in [0.25, 0.3) is 11.1 Å². The van der Waals surface area contributed by atoms with Crippen molar-refractivity contribution in [3.05, 3.63) is 58.9 Å². The van der Waals surface area contributed by atoms with E-state index in [9.17, 15) is 9.18 Å². The van der Waals surface area contributed by atoms with Crippen LogP contribution in [0.5, 0.6) is 0 Å². The molecule has 0 radical (unpaired) electrons. The zero-order valence-corrected chi connectivity index (χ0v) is 10.8. The number of hydrogen-bond acceptors (Lipinski definition) is 1. The third-order valence-electron chi connectivity index (χ3n) is 3.10. The molecule has 0 saturated carbocycles. The number of Topliss-reactive ketones (excluding diaryl/α,β-unsaturated/α-hetero) is 1. The predicted molar refractivity (Wildman–Crippen MR) is 71.3 cm³/mol. The molecule has 92 valence electrons. The van der Waals surface area contributed by atoms with Gasteiger partial charge >= 0.3 is 0 Å². The predicted octanol–water partition coefficient (Wildman–Crippen LogP) is 4.31. The first-order chi connectivity index (χ1) is 8.50. The van der Waals surface area contributed by atoms with Crippen LogP contribution in [0.2, 0.25) is 0 Å². The maximum atomic E-state index is 14.2. The van der Waals surface area contributed by atoms with E-state index >= 15 is 0 Å². The molecule has 1 nitrogen and oxygen atoms in total. The second-order valence-electron chi connectivity index (χ2n) is 4.53. The largest absolute Gasteiger partial charge is 0.295 e. The fourth-order valence-corrected chi connectivity index (χ4v) is 2.04. The molecule has 0 amide bonds. The molecular weight excluding hydrogens is 227 g/mol. The van der Waals surface area contributed by atoms with Gasteiger partial charge < -0.3 is 0 Å². The Bertz CT molecular complexity index is 614.